The Labute approximate surface area is 207 Å². The highest BCUT2D eigenvalue weighted by Crippen LogP contribution is 2.32. The summed E-state index contributed by atoms with van der Waals surface area (Å²) < 4.78 is 10.8. The van der Waals surface area contributed by atoms with Crippen LogP contribution in [0.2, 0.25) is 0 Å². The smallest absolute Gasteiger partial charge is 0.252 e. The van der Waals surface area contributed by atoms with Gasteiger partial charge in [-0.3, -0.25) is 4.79 Å². The molecular formula is C28H36N4O3. The van der Waals surface area contributed by atoms with E-state index in [1.807, 2.05) is 36.4 Å². The third kappa shape index (κ3) is 6.22. The Morgan fingerprint density at radius 3 is 2.57 bits per heavy atom. The first-order chi connectivity index (χ1) is 17.0. The zero-order chi connectivity index (χ0) is 24.8. The number of rotatable bonds is 9. The molecule has 2 unspecified atom stereocenters. The molecule has 2 atom stereocenters. The molecule has 35 heavy (non-hydrogen) atoms. The Morgan fingerprint density at radius 1 is 1.06 bits per heavy atom. The number of nitrogens with zero attached hydrogens (tertiary/aromatic N) is 2. The Hall–Kier alpha value is -3.32. The van der Waals surface area contributed by atoms with E-state index in [1.54, 1.807) is 26.4 Å². The number of carbonyl (C=O) groups is 1. The topological polar surface area (TPSA) is 75.7 Å². The van der Waals surface area contributed by atoms with Crippen molar-refractivity contribution in [2.75, 3.05) is 45.7 Å². The number of para-hydroxylation sites is 1. The standard InChI is InChI=1S/C28H36N4O3/c1-19-14-20(2)18-32(17-19)13-7-12-29-28(33)23-16-27(30-24-9-6-5-8-22(23)24)31-25-11-10-21(34-3)15-26(25)35-4/h5-6,8-11,15-16,19-20H,7,12-14,17-18H2,1-4H3,(H,29,33)(H,30,31). The van der Waals surface area contributed by atoms with E-state index in [-0.39, 0.29) is 5.91 Å². The summed E-state index contributed by atoms with van der Waals surface area (Å²) in [5.74, 6) is 3.31. The van der Waals surface area contributed by atoms with Crippen molar-refractivity contribution >= 4 is 28.3 Å². The van der Waals surface area contributed by atoms with E-state index in [1.165, 1.54) is 6.42 Å². The molecule has 4 rings (SSSR count). The summed E-state index contributed by atoms with van der Waals surface area (Å²) in [6.45, 7) is 8.60. The molecule has 0 spiro atoms. The molecule has 1 amide bonds. The van der Waals surface area contributed by atoms with Crippen LogP contribution in [-0.2, 0) is 0 Å². The fourth-order valence-corrected chi connectivity index (χ4v) is 5.04. The molecule has 1 saturated heterocycles. The number of likely N-dealkylation sites (tertiary alicyclic amines) is 1. The molecule has 0 radical (unpaired) electrons. The number of nitrogens with one attached hydrogen (secondary N) is 2. The SMILES string of the molecule is COc1ccc(Nc2cc(C(=O)NCCCN3CC(C)CC(C)C3)c3ccccc3n2)c(OC)c1. The van der Waals surface area contributed by atoms with Gasteiger partial charge in [0.05, 0.1) is 31.0 Å². The van der Waals surface area contributed by atoms with Crippen molar-refractivity contribution in [1.29, 1.82) is 0 Å². The van der Waals surface area contributed by atoms with Gasteiger partial charge in [-0.2, -0.15) is 0 Å². The van der Waals surface area contributed by atoms with Crippen LogP contribution in [-0.4, -0.2) is 56.2 Å². The molecule has 186 valence electrons. The van der Waals surface area contributed by atoms with Crippen LogP contribution in [0.4, 0.5) is 11.5 Å². The lowest BCUT2D eigenvalue weighted by atomic mass is 9.92. The second-order valence-corrected chi connectivity index (χ2v) is 9.58. The van der Waals surface area contributed by atoms with Crippen LogP contribution in [0.25, 0.3) is 10.9 Å². The molecule has 2 heterocycles. The second-order valence-electron chi connectivity index (χ2n) is 9.58. The number of amides is 1. The summed E-state index contributed by atoms with van der Waals surface area (Å²) in [7, 11) is 3.23. The van der Waals surface area contributed by atoms with Gasteiger partial charge in [0.25, 0.3) is 5.91 Å². The predicted octanol–water partition coefficient (Wildman–Crippen LogP) is 5.09. The fourth-order valence-electron chi connectivity index (χ4n) is 5.04. The van der Waals surface area contributed by atoms with E-state index >= 15 is 0 Å². The van der Waals surface area contributed by atoms with Crippen LogP contribution in [0.5, 0.6) is 11.5 Å². The first kappa shape index (κ1) is 24.8. The number of hydrogen-bond donors (Lipinski definition) is 2. The Kier molecular flexibility index (Phi) is 8.08. The van der Waals surface area contributed by atoms with Crippen LogP contribution < -0.4 is 20.1 Å². The molecule has 3 aromatic rings. The van der Waals surface area contributed by atoms with Gasteiger partial charge in [-0.25, -0.2) is 4.98 Å². The van der Waals surface area contributed by atoms with Gasteiger partial charge in [-0.1, -0.05) is 32.0 Å². The van der Waals surface area contributed by atoms with Gasteiger partial charge in [0, 0.05) is 31.1 Å². The lowest BCUT2D eigenvalue weighted by Crippen LogP contribution is -2.40. The Morgan fingerprint density at radius 2 is 1.83 bits per heavy atom. The van der Waals surface area contributed by atoms with Crippen molar-refractivity contribution in [3.63, 3.8) is 0 Å². The Balaban J connectivity index is 1.47. The van der Waals surface area contributed by atoms with E-state index in [0.717, 1.165) is 54.5 Å². The highest BCUT2D eigenvalue weighted by atomic mass is 16.5. The molecule has 0 saturated carbocycles. The molecule has 7 heteroatoms. The van der Waals surface area contributed by atoms with Crippen molar-refractivity contribution in [3.8, 4) is 11.5 Å². The molecule has 2 N–H and O–H groups in total. The quantitative estimate of drug-likeness (QED) is 0.419. The normalized spacial score (nSPS) is 18.3. The van der Waals surface area contributed by atoms with Crippen LogP contribution in [0.15, 0.2) is 48.5 Å². The van der Waals surface area contributed by atoms with Crippen LogP contribution in [0, 0.1) is 11.8 Å². The van der Waals surface area contributed by atoms with Gasteiger partial charge in [-0.15, -0.1) is 0 Å². The maximum atomic E-state index is 13.2. The number of pyridine rings is 1. The zero-order valence-corrected chi connectivity index (χ0v) is 21.1. The van der Waals surface area contributed by atoms with Crippen LogP contribution in [0.1, 0.15) is 37.0 Å². The summed E-state index contributed by atoms with van der Waals surface area (Å²) in [4.78, 5) is 20.4. The van der Waals surface area contributed by atoms with Crippen LogP contribution >= 0.6 is 0 Å². The number of hydrogen-bond acceptors (Lipinski definition) is 6. The molecular weight excluding hydrogens is 440 g/mol. The molecule has 2 aromatic carbocycles. The van der Waals surface area contributed by atoms with E-state index in [2.05, 4.69) is 29.4 Å². The van der Waals surface area contributed by atoms with Crippen LogP contribution in [0.3, 0.4) is 0 Å². The summed E-state index contributed by atoms with van der Waals surface area (Å²) >= 11 is 0. The monoisotopic (exact) mass is 476 g/mol. The summed E-state index contributed by atoms with van der Waals surface area (Å²) in [6.07, 6.45) is 2.24. The molecule has 1 fully saturated rings. The number of benzene rings is 2. The minimum Gasteiger partial charge on any atom is -0.497 e. The van der Waals surface area contributed by atoms with Crippen molar-refractivity contribution in [1.82, 2.24) is 15.2 Å². The van der Waals surface area contributed by atoms with E-state index in [0.29, 0.717) is 29.4 Å². The molecule has 1 aliphatic rings. The maximum absolute atomic E-state index is 13.2. The number of ether oxygens (including phenoxy) is 2. The molecule has 7 nitrogen and oxygen atoms in total. The van der Waals surface area contributed by atoms with Gasteiger partial charge in [0.15, 0.2) is 0 Å². The minimum atomic E-state index is -0.0891. The maximum Gasteiger partial charge on any atom is 0.252 e. The van der Waals surface area contributed by atoms with E-state index in [9.17, 15) is 4.79 Å². The van der Waals surface area contributed by atoms with E-state index < -0.39 is 0 Å². The summed E-state index contributed by atoms with van der Waals surface area (Å²) in [6, 6.07) is 15.0. The highest BCUT2D eigenvalue weighted by Gasteiger charge is 2.21. The summed E-state index contributed by atoms with van der Waals surface area (Å²) in [5, 5.41) is 7.25. The number of methoxy groups -OCH3 is 2. The first-order valence-corrected chi connectivity index (χ1v) is 12.4. The largest absolute Gasteiger partial charge is 0.497 e. The van der Waals surface area contributed by atoms with Crippen molar-refractivity contribution in [3.05, 3.63) is 54.1 Å². The van der Waals surface area contributed by atoms with Gasteiger partial charge in [-0.05, 0) is 55.5 Å². The van der Waals surface area contributed by atoms with E-state index in [4.69, 9.17) is 14.5 Å². The number of anilines is 2. The zero-order valence-electron chi connectivity index (χ0n) is 21.1. The third-order valence-corrected chi connectivity index (χ3v) is 6.51. The van der Waals surface area contributed by atoms with Gasteiger partial charge >= 0.3 is 0 Å². The molecule has 1 aromatic heterocycles. The summed E-state index contributed by atoms with van der Waals surface area (Å²) in [5.41, 5.74) is 2.10. The third-order valence-electron chi connectivity index (χ3n) is 6.51. The average Bonchev–Trinajstić information content (AvgIpc) is 2.85. The van der Waals surface area contributed by atoms with Crippen molar-refractivity contribution in [2.45, 2.75) is 26.7 Å². The fraction of sp³-hybridized carbons (Fsp3) is 0.429. The number of fused-ring (bicyclic) bond motifs is 1. The number of carbonyl (C=O) groups excluding carboxylic acids is 1. The minimum absolute atomic E-state index is 0.0891. The lowest BCUT2D eigenvalue weighted by molar-refractivity contribution is 0.0949. The van der Waals surface area contributed by atoms with Crippen molar-refractivity contribution < 1.29 is 14.3 Å². The van der Waals surface area contributed by atoms with Gasteiger partial charge in [0.1, 0.15) is 17.3 Å². The van der Waals surface area contributed by atoms with Gasteiger partial charge < -0.3 is 25.0 Å². The van der Waals surface area contributed by atoms with Crippen molar-refractivity contribution in [2.24, 2.45) is 11.8 Å². The predicted molar refractivity (Wildman–Crippen MR) is 141 cm³/mol. The molecule has 0 bridgehead atoms. The number of piperidine rings is 1. The lowest BCUT2D eigenvalue weighted by Gasteiger charge is -2.34. The highest BCUT2D eigenvalue weighted by molar-refractivity contribution is 6.07. The number of aromatic nitrogens is 1. The first-order valence-electron chi connectivity index (χ1n) is 12.4. The van der Waals surface area contributed by atoms with Gasteiger partial charge in [0.2, 0.25) is 0 Å². The molecule has 1 aliphatic heterocycles. The second kappa shape index (κ2) is 11.4. The Bertz CT molecular complexity index is 1160. The molecule has 0 aliphatic carbocycles. The average molecular weight is 477 g/mol.